The van der Waals surface area contributed by atoms with Gasteiger partial charge in [-0.05, 0) is 45.1 Å². The van der Waals surface area contributed by atoms with Crippen LogP contribution >= 0.6 is 0 Å². The summed E-state index contributed by atoms with van der Waals surface area (Å²) in [7, 11) is 0. The molecule has 4 nitrogen and oxygen atoms in total. The Bertz CT molecular complexity index is 460. The van der Waals surface area contributed by atoms with Gasteiger partial charge in [-0.25, -0.2) is 4.98 Å². The van der Waals surface area contributed by atoms with Crippen molar-refractivity contribution in [3.05, 3.63) is 27.4 Å². The summed E-state index contributed by atoms with van der Waals surface area (Å²) in [6.07, 6.45) is 6.49. The average molecular weight is 233 g/mol. The van der Waals surface area contributed by atoms with Gasteiger partial charge in [-0.3, -0.25) is 4.79 Å². The predicted molar refractivity (Wildman–Crippen MR) is 66.3 cm³/mol. The van der Waals surface area contributed by atoms with Gasteiger partial charge in [0.15, 0.2) is 0 Å². The summed E-state index contributed by atoms with van der Waals surface area (Å²) >= 11 is 0. The predicted octanol–water partition coefficient (Wildman–Crippen LogP) is 1.12. The number of aromatic amines is 1. The van der Waals surface area contributed by atoms with Crippen LogP contribution in [0.15, 0.2) is 4.79 Å². The Balaban J connectivity index is 1.95. The molecular weight excluding hydrogens is 214 g/mol. The molecule has 4 heteroatoms. The Hall–Kier alpha value is -1.16. The van der Waals surface area contributed by atoms with E-state index in [0.29, 0.717) is 5.92 Å². The molecule has 1 aromatic rings. The van der Waals surface area contributed by atoms with Gasteiger partial charge in [-0.1, -0.05) is 0 Å². The van der Waals surface area contributed by atoms with Crippen LogP contribution in [-0.2, 0) is 12.8 Å². The van der Waals surface area contributed by atoms with Crippen LogP contribution in [0.5, 0.6) is 0 Å². The highest BCUT2D eigenvalue weighted by molar-refractivity contribution is 5.21. The molecule has 2 aliphatic rings. The van der Waals surface area contributed by atoms with Crippen LogP contribution in [-0.4, -0.2) is 23.1 Å². The molecule has 0 saturated carbocycles. The number of nitrogens with one attached hydrogen (secondary N) is 2. The van der Waals surface area contributed by atoms with E-state index in [9.17, 15) is 4.79 Å². The van der Waals surface area contributed by atoms with Gasteiger partial charge in [0.25, 0.3) is 5.56 Å². The van der Waals surface area contributed by atoms with E-state index in [0.717, 1.165) is 55.9 Å². The highest BCUT2D eigenvalue weighted by atomic mass is 16.1. The van der Waals surface area contributed by atoms with E-state index in [-0.39, 0.29) is 5.56 Å². The lowest BCUT2D eigenvalue weighted by molar-refractivity contribution is 0.443. The van der Waals surface area contributed by atoms with E-state index >= 15 is 0 Å². The summed E-state index contributed by atoms with van der Waals surface area (Å²) in [4.78, 5) is 19.7. The Morgan fingerprint density at radius 3 is 2.88 bits per heavy atom. The number of aryl methyl sites for hydroxylation is 1. The lowest BCUT2D eigenvalue weighted by Crippen LogP contribution is -2.32. The molecule has 17 heavy (non-hydrogen) atoms. The van der Waals surface area contributed by atoms with Crippen molar-refractivity contribution in [2.24, 2.45) is 0 Å². The monoisotopic (exact) mass is 233 g/mol. The van der Waals surface area contributed by atoms with Crippen molar-refractivity contribution in [2.45, 2.75) is 44.4 Å². The fraction of sp³-hybridized carbons (Fsp3) is 0.692. The van der Waals surface area contributed by atoms with Crippen molar-refractivity contribution >= 4 is 0 Å². The molecule has 0 amide bonds. The smallest absolute Gasteiger partial charge is 0.254 e. The first-order valence-electron chi connectivity index (χ1n) is 6.67. The van der Waals surface area contributed by atoms with Crippen molar-refractivity contribution in [3.8, 4) is 0 Å². The number of aromatic nitrogens is 2. The van der Waals surface area contributed by atoms with Gasteiger partial charge >= 0.3 is 0 Å². The van der Waals surface area contributed by atoms with Crippen LogP contribution in [0.25, 0.3) is 0 Å². The third-order valence-electron chi connectivity index (χ3n) is 3.89. The first kappa shape index (κ1) is 11.0. The molecule has 0 radical (unpaired) electrons. The summed E-state index contributed by atoms with van der Waals surface area (Å²) in [6.45, 7) is 2.04. The molecule has 1 fully saturated rings. The SMILES string of the molecule is O=c1[nH]c(C2CCCNC2)nc2c1CCCC2. The van der Waals surface area contributed by atoms with Gasteiger partial charge in [0.2, 0.25) is 0 Å². The standard InChI is InChI=1S/C13H19N3O/c17-13-10-5-1-2-6-11(10)15-12(16-13)9-4-3-7-14-8-9/h9,14H,1-8H2,(H,15,16,17). The van der Waals surface area contributed by atoms with Crippen LogP contribution in [0.4, 0.5) is 0 Å². The average Bonchev–Trinajstić information content (AvgIpc) is 2.40. The summed E-state index contributed by atoms with van der Waals surface area (Å²) < 4.78 is 0. The fourth-order valence-electron chi connectivity index (χ4n) is 2.90. The van der Waals surface area contributed by atoms with E-state index in [1.54, 1.807) is 0 Å². The van der Waals surface area contributed by atoms with Crippen molar-refractivity contribution in [1.82, 2.24) is 15.3 Å². The molecule has 2 N–H and O–H groups in total. The van der Waals surface area contributed by atoms with Gasteiger partial charge in [0.1, 0.15) is 5.82 Å². The van der Waals surface area contributed by atoms with Crippen LogP contribution < -0.4 is 10.9 Å². The Morgan fingerprint density at radius 2 is 2.06 bits per heavy atom. The second kappa shape index (κ2) is 4.61. The third kappa shape index (κ3) is 2.14. The summed E-state index contributed by atoms with van der Waals surface area (Å²) in [5.41, 5.74) is 2.10. The second-order valence-electron chi connectivity index (χ2n) is 5.13. The molecule has 1 unspecified atom stereocenters. The number of rotatable bonds is 1. The van der Waals surface area contributed by atoms with Crippen LogP contribution in [0.2, 0.25) is 0 Å². The zero-order valence-electron chi connectivity index (χ0n) is 10.1. The Kier molecular flexibility index (Phi) is 2.97. The minimum Gasteiger partial charge on any atom is -0.316 e. The molecular formula is C13H19N3O. The first-order chi connectivity index (χ1) is 8.34. The summed E-state index contributed by atoms with van der Waals surface area (Å²) in [5, 5.41) is 3.37. The zero-order chi connectivity index (χ0) is 11.7. The molecule has 1 aliphatic carbocycles. The van der Waals surface area contributed by atoms with Gasteiger partial charge in [-0.15, -0.1) is 0 Å². The molecule has 92 valence electrons. The maximum absolute atomic E-state index is 12.0. The first-order valence-corrected chi connectivity index (χ1v) is 6.67. The lowest BCUT2D eigenvalue weighted by Gasteiger charge is -2.23. The lowest BCUT2D eigenvalue weighted by atomic mass is 9.95. The summed E-state index contributed by atoms with van der Waals surface area (Å²) in [6, 6.07) is 0. The van der Waals surface area contributed by atoms with Gasteiger partial charge < -0.3 is 10.3 Å². The fourth-order valence-corrected chi connectivity index (χ4v) is 2.90. The van der Waals surface area contributed by atoms with E-state index in [1.165, 1.54) is 12.8 Å². The zero-order valence-corrected chi connectivity index (χ0v) is 10.1. The normalized spacial score (nSPS) is 24.4. The molecule has 2 heterocycles. The minimum absolute atomic E-state index is 0.107. The van der Waals surface area contributed by atoms with E-state index in [4.69, 9.17) is 4.98 Å². The minimum atomic E-state index is 0.107. The van der Waals surface area contributed by atoms with E-state index in [1.807, 2.05) is 0 Å². The number of piperidine rings is 1. The van der Waals surface area contributed by atoms with Gasteiger partial charge in [0.05, 0.1) is 5.69 Å². The Labute approximate surface area is 101 Å². The van der Waals surface area contributed by atoms with Crippen molar-refractivity contribution in [1.29, 1.82) is 0 Å². The van der Waals surface area contributed by atoms with Crippen LogP contribution in [0.1, 0.15) is 48.7 Å². The molecule has 0 spiro atoms. The van der Waals surface area contributed by atoms with Gasteiger partial charge in [-0.2, -0.15) is 0 Å². The third-order valence-corrected chi connectivity index (χ3v) is 3.89. The second-order valence-corrected chi connectivity index (χ2v) is 5.13. The maximum Gasteiger partial charge on any atom is 0.254 e. The summed E-state index contributed by atoms with van der Waals surface area (Å²) in [5.74, 6) is 1.30. The number of hydrogen-bond acceptors (Lipinski definition) is 3. The molecule has 0 bridgehead atoms. The van der Waals surface area contributed by atoms with Gasteiger partial charge in [0, 0.05) is 18.0 Å². The van der Waals surface area contributed by atoms with Crippen molar-refractivity contribution in [3.63, 3.8) is 0 Å². The molecule has 0 aromatic carbocycles. The quantitative estimate of drug-likeness (QED) is 0.764. The molecule has 1 saturated heterocycles. The molecule has 1 aromatic heterocycles. The number of hydrogen-bond donors (Lipinski definition) is 2. The highest BCUT2D eigenvalue weighted by Gasteiger charge is 2.21. The number of fused-ring (bicyclic) bond motifs is 1. The topological polar surface area (TPSA) is 57.8 Å². The van der Waals surface area contributed by atoms with Crippen LogP contribution in [0.3, 0.4) is 0 Å². The number of nitrogens with zero attached hydrogens (tertiary/aromatic N) is 1. The van der Waals surface area contributed by atoms with E-state index < -0.39 is 0 Å². The molecule has 1 atom stereocenters. The largest absolute Gasteiger partial charge is 0.316 e. The van der Waals surface area contributed by atoms with Crippen molar-refractivity contribution < 1.29 is 0 Å². The molecule has 1 aliphatic heterocycles. The maximum atomic E-state index is 12.0. The van der Waals surface area contributed by atoms with Crippen LogP contribution in [0, 0.1) is 0 Å². The van der Waals surface area contributed by atoms with Crippen molar-refractivity contribution in [2.75, 3.05) is 13.1 Å². The molecule has 3 rings (SSSR count). The Morgan fingerprint density at radius 1 is 1.18 bits per heavy atom. The van der Waals surface area contributed by atoms with E-state index in [2.05, 4.69) is 10.3 Å². The number of H-pyrrole nitrogens is 1. The highest BCUT2D eigenvalue weighted by Crippen LogP contribution is 2.22.